The minimum Gasteiger partial charge on any atom is -0.471 e. The molecule has 8 nitrogen and oxygen atoms in total. The topological polar surface area (TPSA) is 106 Å². The molecule has 0 radical (unpaired) electrons. The number of fused-ring (bicyclic) bond motifs is 1. The molecule has 0 saturated heterocycles. The Morgan fingerprint density at radius 1 is 1.24 bits per heavy atom. The highest BCUT2D eigenvalue weighted by Gasteiger charge is 2.46. The monoisotopic (exact) mass is 596 g/mol. The van der Waals surface area contributed by atoms with Crippen molar-refractivity contribution >= 4 is 17.2 Å². The van der Waals surface area contributed by atoms with E-state index in [0.29, 0.717) is 22.0 Å². The maximum atomic E-state index is 14.6. The van der Waals surface area contributed by atoms with Gasteiger partial charge in [-0.25, -0.2) is 14.4 Å². The molecule has 10 heteroatoms. The van der Waals surface area contributed by atoms with Crippen molar-refractivity contribution in [1.29, 1.82) is 0 Å². The number of pyridine rings is 1. The number of halogens is 1. The van der Waals surface area contributed by atoms with Gasteiger partial charge in [-0.2, -0.15) is 0 Å². The van der Waals surface area contributed by atoms with Crippen molar-refractivity contribution in [3.05, 3.63) is 64.5 Å². The first-order chi connectivity index (χ1) is 20.0. The zero-order valence-electron chi connectivity index (χ0n) is 24.8. The maximum absolute atomic E-state index is 14.6. The van der Waals surface area contributed by atoms with Crippen molar-refractivity contribution in [3.8, 4) is 16.5 Å². The molecule has 1 spiro atoms. The smallest absolute Gasteiger partial charge is 0.246 e. The summed E-state index contributed by atoms with van der Waals surface area (Å²) in [6, 6.07) is 6.18. The van der Waals surface area contributed by atoms with Crippen LogP contribution in [-0.4, -0.2) is 59.0 Å². The third kappa shape index (κ3) is 7.53. The van der Waals surface area contributed by atoms with E-state index in [4.69, 9.17) is 14.5 Å². The summed E-state index contributed by atoms with van der Waals surface area (Å²) in [6.07, 6.45) is 7.63. The Bertz CT molecular complexity index is 1370. The highest BCUT2D eigenvalue weighted by Crippen LogP contribution is 2.48. The van der Waals surface area contributed by atoms with Gasteiger partial charge in [0.1, 0.15) is 23.0 Å². The van der Waals surface area contributed by atoms with Crippen LogP contribution in [0.2, 0.25) is 0 Å². The number of thiazole rings is 1. The summed E-state index contributed by atoms with van der Waals surface area (Å²) >= 11 is 1.43. The maximum Gasteiger partial charge on any atom is 0.246 e. The van der Waals surface area contributed by atoms with Gasteiger partial charge in [-0.3, -0.25) is 4.79 Å². The number of ether oxygens (including phenoxy) is 2. The number of rotatable bonds is 11. The Balaban J connectivity index is 1.35. The Labute approximate surface area is 251 Å². The number of aromatic nitrogens is 2. The molecule has 2 aromatic heterocycles. The number of hydrogen-bond acceptors (Lipinski definition) is 8. The van der Waals surface area contributed by atoms with Gasteiger partial charge in [0.2, 0.25) is 11.8 Å². The van der Waals surface area contributed by atoms with Gasteiger partial charge < -0.3 is 25.2 Å². The summed E-state index contributed by atoms with van der Waals surface area (Å²) in [7, 11) is 1.44. The quantitative estimate of drug-likeness (QED) is 0.286. The molecule has 42 heavy (non-hydrogen) atoms. The lowest BCUT2D eigenvalue weighted by Crippen LogP contribution is -2.52. The minimum absolute atomic E-state index is 0.0582. The molecule has 226 valence electrons. The highest BCUT2D eigenvalue weighted by atomic mass is 32.1. The summed E-state index contributed by atoms with van der Waals surface area (Å²) in [4.78, 5) is 21.6. The third-order valence-corrected chi connectivity index (χ3v) is 8.77. The minimum atomic E-state index is -0.952. The van der Waals surface area contributed by atoms with Crippen LogP contribution in [0, 0.1) is 11.2 Å². The van der Waals surface area contributed by atoms with E-state index in [-0.39, 0.29) is 42.5 Å². The average Bonchev–Trinajstić information content (AvgIpc) is 3.44. The van der Waals surface area contributed by atoms with Crippen LogP contribution < -0.4 is 15.4 Å². The van der Waals surface area contributed by atoms with Crippen LogP contribution in [0.3, 0.4) is 0 Å². The van der Waals surface area contributed by atoms with E-state index in [1.165, 1.54) is 30.6 Å². The highest BCUT2D eigenvalue weighted by molar-refractivity contribution is 7.13. The normalized spacial score (nSPS) is 19.0. The lowest BCUT2D eigenvalue weighted by Gasteiger charge is -2.47. The van der Waals surface area contributed by atoms with E-state index in [1.807, 2.05) is 17.6 Å². The molecule has 3 aromatic rings. The van der Waals surface area contributed by atoms with Crippen molar-refractivity contribution in [2.45, 2.75) is 83.1 Å². The second kappa shape index (κ2) is 12.8. The molecule has 3 N–H and O–H groups in total. The molecule has 1 amide bonds. The third-order valence-electron chi connectivity index (χ3n) is 7.95. The molecule has 0 unspecified atom stereocenters. The lowest BCUT2D eigenvalue weighted by molar-refractivity contribution is -0.126. The van der Waals surface area contributed by atoms with E-state index in [0.717, 1.165) is 43.2 Å². The standard InChI is InChI=1S/C32H41FN4O4S/c1-31(2,3)15-21-12-24-26(16-32(6-5-7-32)41-29(24)36-17-21)35-18-27(38)25(37-28(39)19-40-4)13-20-10-22(14-23(33)11-20)30-34-8-9-42-30/h8-12,14,17,25-27,35,38H,5-7,13,15-16,18-19H2,1-4H3,(H,37,39)/t25-,26-,27+/m0/s1. The number of methoxy groups -OCH3 is 1. The number of carbonyl (C=O) groups is 1. The Hall–Kier alpha value is -2.92. The molecule has 2 aliphatic rings. The second-order valence-electron chi connectivity index (χ2n) is 12.8. The van der Waals surface area contributed by atoms with E-state index in [9.17, 15) is 14.3 Å². The fraction of sp³-hybridized carbons (Fsp3) is 0.531. The molecular weight excluding hydrogens is 555 g/mol. The van der Waals surface area contributed by atoms with Crippen LogP contribution in [-0.2, 0) is 22.4 Å². The molecular formula is C32H41FN4O4S. The molecule has 1 saturated carbocycles. The summed E-state index contributed by atoms with van der Waals surface area (Å²) in [5.41, 5.74) is 3.35. The van der Waals surface area contributed by atoms with Gasteiger partial charge in [0.05, 0.1) is 12.1 Å². The number of carbonyl (C=O) groups excluding carboxylic acids is 1. The summed E-state index contributed by atoms with van der Waals surface area (Å²) in [5, 5.41) is 20.4. The first-order valence-electron chi connectivity index (χ1n) is 14.6. The van der Waals surface area contributed by atoms with Crippen LogP contribution in [0.4, 0.5) is 4.39 Å². The first kappa shape index (κ1) is 30.5. The number of aliphatic hydroxyl groups is 1. The molecule has 1 aliphatic carbocycles. The largest absolute Gasteiger partial charge is 0.471 e. The van der Waals surface area contributed by atoms with Gasteiger partial charge in [0.15, 0.2) is 0 Å². The number of nitrogens with one attached hydrogen (secondary N) is 2. The number of aliphatic hydroxyl groups excluding tert-OH is 1. The molecule has 1 aromatic carbocycles. The number of nitrogens with zero attached hydrogens (tertiary/aromatic N) is 2. The van der Waals surface area contributed by atoms with Gasteiger partial charge in [-0.05, 0) is 72.9 Å². The van der Waals surface area contributed by atoms with Gasteiger partial charge in [-0.15, -0.1) is 11.3 Å². The summed E-state index contributed by atoms with van der Waals surface area (Å²) < 4.78 is 26.0. The SMILES string of the molecule is COCC(=O)N[C@@H](Cc1cc(F)cc(-c2nccs2)c1)[C@H](O)CN[C@H]1CC2(CCC2)Oc2ncc(CC(C)(C)C)cc21. The van der Waals surface area contributed by atoms with Crippen molar-refractivity contribution < 1.29 is 23.8 Å². The van der Waals surface area contributed by atoms with E-state index in [1.54, 1.807) is 6.20 Å². The second-order valence-corrected chi connectivity index (χ2v) is 13.7. The Morgan fingerprint density at radius 3 is 2.71 bits per heavy atom. The van der Waals surface area contributed by atoms with Crippen LogP contribution in [0.1, 0.15) is 69.2 Å². The van der Waals surface area contributed by atoms with Crippen molar-refractivity contribution in [2.24, 2.45) is 5.41 Å². The Kier molecular flexibility index (Phi) is 9.27. The predicted octanol–water partition coefficient (Wildman–Crippen LogP) is 5.00. The van der Waals surface area contributed by atoms with Gasteiger partial charge in [0, 0.05) is 55.0 Å². The predicted molar refractivity (Wildman–Crippen MR) is 161 cm³/mol. The molecule has 1 aliphatic heterocycles. The summed E-state index contributed by atoms with van der Waals surface area (Å²) in [6.45, 7) is 6.69. The molecule has 0 bridgehead atoms. The molecule has 3 atom stereocenters. The van der Waals surface area contributed by atoms with Crippen molar-refractivity contribution in [3.63, 3.8) is 0 Å². The van der Waals surface area contributed by atoms with Gasteiger partial charge in [-0.1, -0.05) is 20.8 Å². The zero-order chi connectivity index (χ0) is 29.9. The average molecular weight is 597 g/mol. The number of hydrogen-bond donors (Lipinski definition) is 3. The van der Waals surface area contributed by atoms with Gasteiger partial charge in [0.25, 0.3) is 0 Å². The van der Waals surface area contributed by atoms with E-state index in [2.05, 4.69) is 42.5 Å². The van der Waals surface area contributed by atoms with Crippen molar-refractivity contribution in [1.82, 2.24) is 20.6 Å². The van der Waals surface area contributed by atoms with Gasteiger partial charge >= 0.3 is 0 Å². The summed E-state index contributed by atoms with van der Waals surface area (Å²) in [5.74, 6) is -0.0839. The van der Waals surface area contributed by atoms with Crippen molar-refractivity contribution in [2.75, 3.05) is 20.3 Å². The van der Waals surface area contributed by atoms with Crippen LogP contribution >= 0.6 is 11.3 Å². The number of amides is 1. The van der Waals surface area contributed by atoms with E-state index >= 15 is 0 Å². The number of benzene rings is 1. The molecule has 5 rings (SSSR count). The van der Waals surface area contributed by atoms with Crippen LogP contribution in [0.15, 0.2) is 42.0 Å². The Morgan fingerprint density at radius 2 is 2.05 bits per heavy atom. The first-order valence-corrected chi connectivity index (χ1v) is 15.5. The van der Waals surface area contributed by atoms with Crippen LogP contribution in [0.5, 0.6) is 5.88 Å². The molecule has 3 heterocycles. The molecule has 1 fully saturated rings. The fourth-order valence-electron chi connectivity index (χ4n) is 5.93. The zero-order valence-corrected chi connectivity index (χ0v) is 25.6. The lowest BCUT2D eigenvalue weighted by atomic mass is 9.73. The van der Waals surface area contributed by atoms with Crippen LogP contribution in [0.25, 0.3) is 10.6 Å². The fourth-order valence-corrected chi connectivity index (χ4v) is 6.55. The van der Waals surface area contributed by atoms with E-state index < -0.39 is 18.0 Å².